The zero-order valence-electron chi connectivity index (χ0n) is 13.1. The fraction of sp³-hybridized carbons (Fsp3) is 0.158. The maximum absolute atomic E-state index is 12.5. The number of pyridine rings is 1. The van der Waals surface area contributed by atoms with Crippen molar-refractivity contribution in [2.24, 2.45) is 0 Å². The lowest BCUT2D eigenvalue weighted by molar-refractivity contribution is -0.577. The van der Waals surface area contributed by atoms with Gasteiger partial charge in [-0.2, -0.15) is 4.73 Å². The molecule has 1 aromatic heterocycles. The first-order valence-electron chi connectivity index (χ1n) is 7.55. The van der Waals surface area contributed by atoms with Gasteiger partial charge in [0.05, 0.1) is 11.4 Å². The first-order valence-corrected chi connectivity index (χ1v) is 7.55. The van der Waals surface area contributed by atoms with Gasteiger partial charge in [-0.25, -0.2) is 0 Å². The Bertz CT molecular complexity index is 874. The van der Waals surface area contributed by atoms with Crippen LogP contribution in [0.5, 0.6) is 0 Å². The summed E-state index contributed by atoms with van der Waals surface area (Å²) in [5.74, 6) is -0.112. The monoisotopic (exact) mass is 306 g/mol. The molecular weight excluding hydrogens is 288 g/mol. The van der Waals surface area contributed by atoms with E-state index in [1.807, 2.05) is 56.3 Å². The molecule has 4 nitrogen and oxygen atoms in total. The molecule has 0 aliphatic heterocycles. The Kier molecular flexibility index (Phi) is 3.98. The number of hydrogen-bond donors (Lipinski definition) is 1. The van der Waals surface area contributed by atoms with Crippen LogP contribution in [0.25, 0.3) is 10.9 Å². The number of rotatable bonds is 3. The summed E-state index contributed by atoms with van der Waals surface area (Å²) in [6, 6.07) is 16.4. The molecule has 116 valence electrons. The highest BCUT2D eigenvalue weighted by Crippen LogP contribution is 2.22. The molecule has 0 fully saturated rings. The Morgan fingerprint density at radius 2 is 1.78 bits per heavy atom. The van der Waals surface area contributed by atoms with Crippen molar-refractivity contribution in [1.29, 1.82) is 0 Å². The fourth-order valence-electron chi connectivity index (χ4n) is 2.79. The van der Waals surface area contributed by atoms with E-state index in [0.717, 1.165) is 21.2 Å². The van der Waals surface area contributed by atoms with Crippen molar-refractivity contribution < 1.29 is 9.52 Å². The molecular formula is C19H18N2O2. The predicted molar refractivity (Wildman–Crippen MR) is 90.0 cm³/mol. The molecule has 4 heteroatoms. The van der Waals surface area contributed by atoms with Crippen LogP contribution in [0.15, 0.2) is 60.8 Å². The Morgan fingerprint density at radius 3 is 2.57 bits per heavy atom. The highest BCUT2D eigenvalue weighted by Gasteiger charge is 2.17. The van der Waals surface area contributed by atoms with Gasteiger partial charge < -0.3 is 10.5 Å². The molecule has 1 heterocycles. The molecule has 2 aromatic carbocycles. The quantitative estimate of drug-likeness (QED) is 0.596. The molecule has 0 aliphatic carbocycles. The van der Waals surface area contributed by atoms with Gasteiger partial charge in [-0.1, -0.05) is 30.3 Å². The maximum Gasteiger partial charge on any atom is 0.252 e. The predicted octanol–water partition coefficient (Wildman–Crippen LogP) is 3.27. The van der Waals surface area contributed by atoms with Crippen molar-refractivity contribution in [1.82, 2.24) is 5.32 Å². The highest BCUT2D eigenvalue weighted by atomic mass is 16.5. The topological polar surface area (TPSA) is 56.0 Å². The average molecular weight is 306 g/mol. The zero-order chi connectivity index (χ0) is 16.4. The summed E-state index contributed by atoms with van der Waals surface area (Å²) in [4.78, 5) is 12.5. The van der Waals surface area contributed by atoms with Gasteiger partial charge in [0.1, 0.15) is 0 Å². The summed E-state index contributed by atoms with van der Waals surface area (Å²) in [5.41, 5.74) is 3.13. The van der Waals surface area contributed by atoms with Crippen molar-refractivity contribution in [3.63, 3.8) is 0 Å². The van der Waals surface area contributed by atoms with Gasteiger partial charge in [-0.3, -0.25) is 4.79 Å². The second-order valence-corrected chi connectivity index (χ2v) is 5.62. The molecule has 3 rings (SSSR count). The van der Waals surface area contributed by atoms with Gasteiger partial charge >= 0.3 is 0 Å². The van der Waals surface area contributed by atoms with Crippen LogP contribution >= 0.6 is 0 Å². The summed E-state index contributed by atoms with van der Waals surface area (Å²) >= 11 is 0. The first kappa shape index (κ1) is 15.0. The van der Waals surface area contributed by atoms with Crippen LogP contribution in [0, 0.1) is 12.1 Å². The third-order valence-corrected chi connectivity index (χ3v) is 4.05. The number of nitrogens with one attached hydrogen (secondary N) is 1. The van der Waals surface area contributed by atoms with Gasteiger partial charge in [-0.15, -0.1) is 0 Å². The van der Waals surface area contributed by atoms with Crippen LogP contribution in [0.3, 0.4) is 0 Å². The average Bonchev–Trinajstić information content (AvgIpc) is 2.55. The molecule has 0 unspecified atom stereocenters. The van der Waals surface area contributed by atoms with Crippen LogP contribution in [0.1, 0.15) is 34.5 Å². The van der Waals surface area contributed by atoms with Crippen LogP contribution in [-0.4, -0.2) is 5.91 Å². The Hall–Kier alpha value is -2.88. The van der Waals surface area contributed by atoms with Crippen LogP contribution in [0.4, 0.5) is 0 Å². The summed E-state index contributed by atoms with van der Waals surface area (Å²) < 4.78 is 0.842. The van der Waals surface area contributed by atoms with Crippen molar-refractivity contribution in [2.75, 3.05) is 0 Å². The van der Waals surface area contributed by atoms with Gasteiger partial charge in [0.15, 0.2) is 6.20 Å². The zero-order valence-corrected chi connectivity index (χ0v) is 13.1. The maximum atomic E-state index is 12.5. The largest absolute Gasteiger partial charge is 0.618 e. The van der Waals surface area contributed by atoms with Crippen molar-refractivity contribution >= 4 is 16.8 Å². The molecule has 0 aliphatic rings. The molecule has 1 atom stereocenters. The third-order valence-electron chi connectivity index (χ3n) is 4.05. The standard InChI is InChI=1S/C19H18N2O2/c1-13-7-3-4-8-15(13)19(22)20-14(2)16-11-12-21(23)18-10-6-5-9-17(16)18/h3-12,14H,1-2H3,(H,20,22)/t14-/m1/s1. The van der Waals surface area contributed by atoms with E-state index in [0.29, 0.717) is 11.1 Å². The molecule has 23 heavy (non-hydrogen) atoms. The van der Waals surface area contributed by atoms with Crippen LogP contribution < -0.4 is 10.0 Å². The fourth-order valence-corrected chi connectivity index (χ4v) is 2.79. The van der Waals surface area contributed by atoms with E-state index in [1.165, 1.54) is 6.20 Å². The van der Waals surface area contributed by atoms with Crippen molar-refractivity contribution in [2.45, 2.75) is 19.9 Å². The highest BCUT2D eigenvalue weighted by molar-refractivity contribution is 5.96. The Balaban J connectivity index is 1.93. The summed E-state index contributed by atoms with van der Waals surface area (Å²) in [6.07, 6.45) is 1.48. The van der Waals surface area contributed by atoms with E-state index in [-0.39, 0.29) is 11.9 Å². The van der Waals surface area contributed by atoms with Gasteiger partial charge in [-0.05, 0) is 37.1 Å². The van der Waals surface area contributed by atoms with E-state index < -0.39 is 0 Å². The van der Waals surface area contributed by atoms with Gasteiger partial charge in [0.2, 0.25) is 5.52 Å². The molecule has 0 radical (unpaired) electrons. The number of carbonyl (C=O) groups excluding carboxylic acids is 1. The van der Waals surface area contributed by atoms with Crippen LogP contribution in [0.2, 0.25) is 0 Å². The second kappa shape index (κ2) is 6.08. The van der Waals surface area contributed by atoms with E-state index in [1.54, 1.807) is 12.1 Å². The number of para-hydroxylation sites is 1. The van der Waals surface area contributed by atoms with Gasteiger partial charge in [0, 0.05) is 17.7 Å². The Labute approximate surface area is 135 Å². The van der Waals surface area contributed by atoms with E-state index in [2.05, 4.69) is 5.32 Å². The number of amides is 1. The third kappa shape index (κ3) is 2.88. The molecule has 1 N–H and O–H groups in total. The van der Waals surface area contributed by atoms with E-state index in [9.17, 15) is 10.0 Å². The lowest BCUT2D eigenvalue weighted by Crippen LogP contribution is -2.30. The minimum atomic E-state index is -0.201. The minimum absolute atomic E-state index is 0.112. The smallest absolute Gasteiger partial charge is 0.252 e. The molecule has 0 bridgehead atoms. The SMILES string of the molecule is Cc1ccccc1C(=O)N[C@H](C)c1cc[n+]([O-])c2ccccc12. The number of nitrogens with zero attached hydrogens (tertiary/aromatic N) is 1. The van der Waals surface area contributed by atoms with Crippen molar-refractivity contribution in [3.8, 4) is 0 Å². The number of carbonyl (C=O) groups is 1. The number of hydrogen-bond acceptors (Lipinski definition) is 2. The molecule has 0 saturated heterocycles. The normalized spacial score (nSPS) is 12.1. The van der Waals surface area contributed by atoms with Crippen LogP contribution in [-0.2, 0) is 0 Å². The molecule has 0 spiro atoms. The minimum Gasteiger partial charge on any atom is -0.618 e. The molecule has 1 amide bonds. The molecule has 0 saturated carbocycles. The summed E-state index contributed by atoms with van der Waals surface area (Å²) in [7, 11) is 0. The molecule has 3 aromatic rings. The van der Waals surface area contributed by atoms with E-state index in [4.69, 9.17) is 0 Å². The number of fused-ring (bicyclic) bond motifs is 1. The number of aromatic nitrogens is 1. The first-order chi connectivity index (χ1) is 11.1. The number of benzene rings is 2. The van der Waals surface area contributed by atoms with E-state index >= 15 is 0 Å². The van der Waals surface area contributed by atoms with Gasteiger partial charge in [0.25, 0.3) is 5.91 Å². The van der Waals surface area contributed by atoms with Crippen molar-refractivity contribution in [3.05, 3.63) is 82.7 Å². The summed E-state index contributed by atoms with van der Waals surface area (Å²) in [5, 5.41) is 15.7. The lowest BCUT2D eigenvalue weighted by atomic mass is 10.0. The number of aryl methyl sites for hydroxylation is 1. The summed E-state index contributed by atoms with van der Waals surface area (Å²) in [6.45, 7) is 3.84. The Morgan fingerprint density at radius 1 is 1.09 bits per heavy atom. The second-order valence-electron chi connectivity index (χ2n) is 5.62. The lowest BCUT2D eigenvalue weighted by Gasteiger charge is -2.17.